The van der Waals surface area contributed by atoms with Gasteiger partial charge in [-0.1, -0.05) is 61.2 Å². The van der Waals surface area contributed by atoms with E-state index in [1.807, 2.05) is 24.3 Å². The van der Waals surface area contributed by atoms with Crippen LogP contribution >= 0.6 is 23.5 Å². The van der Waals surface area contributed by atoms with Crippen LogP contribution in [-0.4, -0.2) is 19.2 Å². The lowest BCUT2D eigenvalue weighted by Gasteiger charge is -2.19. The van der Waals surface area contributed by atoms with Crippen LogP contribution in [0.3, 0.4) is 0 Å². The van der Waals surface area contributed by atoms with Gasteiger partial charge < -0.3 is 10.2 Å². The summed E-state index contributed by atoms with van der Waals surface area (Å²) in [5.41, 5.74) is 2.43. The molecule has 3 rings (SSSR count). The van der Waals surface area contributed by atoms with E-state index >= 15 is 0 Å². The molecule has 106 valence electrons. The van der Waals surface area contributed by atoms with Crippen LogP contribution in [0.5, 0.6) is 5.75 Å². The molecule has 1 fully saturated rings. The number of aromatic hydroxyl groups is 1. The van der Waals surface area contributed by atoms with Crippen LogP contribution in [-0.2, 0) is 6.42 Å². The molecule has 20 heavy (non-hydrogen) atoms. The van der Waals surface area contributed by atoms with E-state index in [0.717, 1.165) is 17.7 Å². The first-order chi connectivity index (χ1) is 9.52. The van der Waals surface area contributed by atoms with Crippen molar-refractivity contribution in [3.63, 3.8) is 0 Å². The molecule has 0 aromatic heterocycles. The average Bonchev–Trinajstić information content (AvgIpc) is 3.05. The summed E-state index contributed by atoms with van der Waals surface area (Å²) in [6.07, 6.45) is 7.91. The van der Waals surface area contributed by atoms with Gasteiger partial charge in [0.05, 0.1) is 4.90 Å². The minimum absolute atomic E-state index is 0.289. The van der Waals surface area contributed by atoms with E-state index in [0.29, 0.717) is 0 Å². The van der Waals surface area contributed by atoms with Crippen LogP contribution in [0.25, 0.3) is 0 Å². The van der Waals surface area contributed by atoms with E-state index in [9.17, 15) is 10.2 Å². The van der Waals surface area contributed by atoms with Gasteiger partial charge in [-0.05, 0) is 36.6 Å². The maximum Gasteiger partial charge on any atom is 0.159 e. The Labute approximate surface area is 128 Å². The normalized spacial score (nSPS) is 30.9. The molecule has 2 N–H and O–H groups in total. The molecule has 2 nitrogen and oxygen atoms in total. The maximum atomic E-state index is 10.5. The molecule has 1 aromatic rings. The fraction of sp³-hybridized carbons (Fsp3) is 0.375. The number of rotatable bonds is 4. The van der Waals surface area contributed by atoms with Crippen LogP contribution in [0.15, 0.2) is 46.9 Å². The van der Waals surface area contributed by atoms with E-state index in [1.165, 1.54) is 22.9 Å². The molecule has 1 aliphatic heterocycles. The van der Waals surface area contributed by atoms with E-state index in [2.05, 4.69) is 19.9 Å². The molecule has 1 saturated heterocycles. The summed E-state index contributed by atoms with van der Waals surface area (Å²) in [5, 5.41) is 20.6. The molecule has 4 heteroatoms. The summed E-state index contributed by atoms with van der Waals surface area (Å²) in [4.78, 5) is 0.0140. The number of benzene rings is 1. The van der Waals surface area contributed by atoms with Crippen LogP contribution < -0.4 is 0 Å². The number of allylic oxidation sites excluding steroid dienone is 2. The third kappa shape index (κ3) is 2.20. The van der Waals surface area contributed by atoms with Crippen LogP contribution in [0.4, 0.5) is 0 Å². The first-order valence-corrected chi connectivity index (χ1v) is 8.49. The molecular weight excluding hydrogens is 288 g/mol. The molecule has 1 heterocycles. The Balaban J connectivity index is 1.92. The molecule has 1 aromatic carbocycles. The van der Waals surface area contributed by atoms with Gasteiger partial charge in [0.15, 0.2) is 4.93 Å². The van der Waals surface area contributed by atoms with Gasteiger partial charge >= 0.3 is 0 Å². The lowest BCUT2D eigenvalue weighted by molar-refractivity contribution is 0.221. The standard InChI is InChI=1S/C16H18O2S2/c1-3-11-5-6-13(17)14(9-11)19-16-10-12(4-2)7-8-15(16,18)20-16/h5-10,17-18H,3-4H2,1-2H3. The third-order valence-electron chi connectivity index (χ3n) is 3.77. The minimum Gasteiger partial charge on any atom is -0.507 e. The summed E-state index contributed by atoms with van der Waals surface area (Å²) >= 11 is 3.08. The molecule has 0 spiro atoms. The van der Waals surface area contributed by atoms with Crippen molar-refractivity contribution in [2.45, 2.75) is 40.6 Å². The van der Waals surface area contributed by atoms with Gasteiger partial charge in [0.25, 0.3) is 0 Å². The quantitative estimate of drug-likeness (QED) is 0.822. The summed E-state index contributed by atoms with van der Waals surface area (Å²) in [6.45, 7) is 4.21. The van der Waals surface area contributed by atoms with Crippen molar-refractivity contribution >= 4 is 23.5 Å². The summed E-state index contributed by atoms with van der Waals surface area (Å²) in [7, 11) is 0. The molecule has 2 unspecified atom stereocenters. The Hall–Kier alpha value is -0.840. The van der Waals surface area contributed by atoms with Gasteiger partial charge in [0.1, 0.15) is 9.83 Å². The number of hydrogen-bond acceptors (Lipinski definition) is 4. The zero-order chi connectivity index (χ0) is 14.4. The summed E-state index contributed by atoms with van der Waals surface area (Å²) < 4.78 is -0.378. The second-order valence-electron chi connectivity index (χ2n) is 5.13. The smallest absolute Gasteiger partial charge is 0.159 e. The van der Waals surface area contributed by atoms with Gasteiger partial charge in [-0.15, -0.1) is 0 Å². The van der Waals surface area contributed by atoms with Gasteiger partial charge in [-0.3, -0.25) is 0 Å². The first-order valence-electron chi connectivity index (χ1n) is 6.86. The van der Waals surface area contributed by atoms with Crippen molar-refractivity contribution in [2.24, 2.45) is 0 Å². The zero-order valence-electron chi connectivity index (χ0n) is 11.6. The lowest BCUT2D eigenvalue weighted by Crippen LogP contribution is -2.21. The van der Waals surface area contributed by atoms with E-state index in [4.69, 9.17) is 0 Å². The highest BCUT2D eigenvalue weighted by Crippen LogP contribution is 2.73. The van der Waals surface area contributed by atoms with Crippen LogP contribution in [0.2, 0.25) is 0 Å². The molecule has 2 atom stereocenters. The predicted molar refractivity (Wildman–Crippen MR) is 86.1 cm³/mol. The Kier molecular flexibility index (Phi) is 3.43. The predicted octanol–water partition coefficient (Wildman–Crippen LogP) is 4.08. The highest BCUT2D eigenvalue weighted by Gasteiger charge is 2.68. The highest BCUT2D eigenvalue weighted by atomic mass is 32.2. The first kappa shape index (κ1) is 14.1. The topological polar surface area (TPSA) is 40.5 Å². The van der Waals surface area contributed by atoms with E-state index in [1.54, 1.807) is 17.8 Å². The summed E-state index contributed by atoms with van der Waals surface area (Å²) in [6, 6.07) is 5.70. The molecule has 0 radical (unpaired) electrons. The van der Waals surface area contributed by atoms with Crippen molar-refractivity contribution in [1.82, 2.24) is 0 Å². The lowest BCUT2D eigenvalue weighted by atomic mass is 10.0. The Morgan fingerprint density at radius 1 is 1.25 bits per heavy atom. The number of phenols is 1. The van der Waals surface area contributed by atoms with Gasteiger partial charge in [-0.25, -0.2) is 0 Å². The second-order valence-corrected chi connectivity index (χ2v) is 8.15. The van der Waals surface area contributed by atoms with Crippen molar-refractivity contribution in [3.8, 4) is 5.75 Å². The molecule has 2 aliphatic rings. The second kappa shape index (κ2) is 4.86. The number of hydrogen-bond donors (Lipinski definition) is 2. The third-order valence-corrected chi connectivity index (χ3v) is 6.97. The minimum atomic E-state index is -0.828. The summed E-state index contributed by atoms with van der Waals surface area (Å²) in [5.74, 6) is 0.289. The Bertz CT molecular complexity index is 608. The van der Waals surface area contributed by atoms with Crippen molar-refractivity contribution in [1.29, 1.82) is 0 Å². The SMILES string of the molecule is CCC1=CC2(Sc3cc(CC)ccc3O)SC2(O)C=C1. The van der Waals surface area contributed by atoms with Gasteiger partial charge in [-0.2, -0.15) is 0 Å². The molecule has 0 bridgehead atoms. The fourth-order valence-electron chi connectivity index (χ4n) is 2.37. The van der Waals surface area contributed by atoms with Gasteiger partial charge in [0.2, 0.25) is 0 Å². The van der Waals surface area contributed by atoms with E-state index in [-0.39, 0.29) is 9.83 Å². The monoisotopic (exact) mass is 306 g/mol. The molecule has 0 amide bonds. The van der Waals surface area contributed by atoms with Crippen molar-refractivity contribution in [2.75, 3.05) is 0 Å². The highest BCUT2D eigenvalue weighted by molar-refractivity contribution is 8.26. The van der Waals surface area contributed by atoms with E-state index < -0.39 is 4.93 Å². The number of fused-ring (bicyclic) bond motifs is 1. The molecule has 1 aliphatic carbocycles. The fourth-order valence-corrected chi connectivity index (χ4v) is 5.33. The molecule has 0 saturated carbocycles. The number of phenolic OH excluding ortho intramolecular Hbond substituents is 1. The van der Waals surface area contributed by atoms with Gasteiger partial charge in [0, 0.05) is 0 Å². The number of aryl methyl sites for hydroxylation is 1. The Morgan fingerprint density at radius 3 is 2.75 bits per heavy atom. The van der Waals surface area contributed by atoms with Crippen LogP contribution in [0.1, 0.15) is 25.8 Å². The zero-order valence-corrected chi connectivity index (χ0v) is 13.2. The Morgan fingerprint density at radius 2 is 2.05 bits per heavy atom. The van der Waals surface area contributed by atoms with Crippen molar-refractivity contribution in [3.05, 3.63) is 47.6 Å². The molecular formula is C16H18O2S2. The van der Waals surface area contributed by atoms with Crippen LogP contribution in [0, 0.1) is 0 Å². The number of aliphatic hydroxyl groups is 1. The largest absolute Gasteiger partial charge is 0.507 e. The van der Waals surface area contributed by atoms with Crippen molar-refractivity contribution < 1.29 is 10.2 Å². The number of thioether (sulfide) groups is 2. The average molecular weight is 306 g/mol. The maximum absolute atomic E-state index is 10.5.